The van der Waals surface area contributed by atoms with Gasteiger partial charge in [-0.25, -0.2) is 4.79 Å². The third-order valence-corrected chi connectivity index (χ3v) is 2.19. The number of carbonyl (C=O) groups is 1. The summed E-state index contributed by atoms with van der Waals surface area (Å²) < 4.78 is 23.2. The molecule has 0 saturated carbocycles. The van der Waals surface area contributed by atoms with Gasteiger partial charge in [0.2, 0.25) is 5.82 Å². The molecule has 0 fully saturated rings. The fourth-order valence-corrected chi connectivity index (χ4v) is 1.30. The highest BCUT2D eigenvalue weighted by Crippen LogP contribution is 2.18. The molecule has 104 valence electrons. The van der Waals surface area contributed by atoms with Gasteiger partial charge in [-0.15, -0.1) is 0 Å². The maximum atomic E-state index is 13.3. The molecule has 0 heterocycles. The molecule has 0 radical (unpaired) electrons. The lowest BCUT2D eigenvalue weighted by molar-refractivity contribution is -0.387. The Morgan fingerprint density at radius 2 is 2.11 bits per heavy atom. The summed E-state index contributed by atoms with van der Waals surface area (Å²) >= 11 is 0. The molecule has 0 aromatic heterocycles. The molecule has 0 bridgehead atoms. The number of rotatable bonds is 7. The first-order valence-corrected chi connectivity index (χ1v) is 5.75. The van der Waals surface area contributed by atoms with Gasteiger partial charge in [-0.1, -0.05) is 6.92 Å². The second-order valence-electron chi connectivity index (χ2n) is 3.67. The van der Waals surface area contributed by atoms with Crippen molar-refractivity contribution in [3.63, 3.8) is 0 Å². The van der Waals surface area contributed by atoms with Crippen LogP contribution in [0.25, 0.3) is 0 Å². The number of benzene rings is 1. The van der Waals surface area contributed by atoms with Crippen molar-refractivity contribution in [1.29, 1.82) is 0 Å². The van der Waals surface area contributed by atoms with E-state index in [1.165, 1.54) is 0 Å². The summed E-state index contributed by atoms with van der Waals surface area (Å²) in [5, 5.41) is 10.4. The summed E-state index contributed by atoms with van der Waals surface area (Å²) in [5.41, 5.74) is -0.749. The second kappa shape index (κ2) is 7.42. The van der Waals surface area contributed by atoms with Crippen LogP contribution in [0.15, 0.2) is 18.2 Å². The van der Waals surface area contributed by atoms with Crippen molar-refractivity contribution < 1.29 is 23.6 Å². The Hall–Kier alpha value is -2.02. The number of hydrogen-bond donors (Lipinski definition) is 0. The van der Waals surface area contributed by atoms with Crippen LogP contribution < -0.4 is 0 Å². The van der Waals surface area contributed by atoms with E-state index in [4.69, 9.17) is 9.47 Å². The number of ether oxygens (including phenoxy) is 2. The molecule has 19 heavy (non-hydrogen) atoms. The number of nitrogens with zero attached hydrogens (tertiary/aromatic N) is 1. The molecule has 0 spiro atoms. The van der Waals surface area contributed by atoms with Crippen molar-refractivity contribution in [3.8, 4) is 0 Å². The normalized spacial score (nSPS) is 10.2. The van der Waals surface area contributed by atoms with Crippen LogP contribution in [0.5, 0.6) is 0 Å². The average Bonchev–Trinajstić information content (AvgIpc) is 2.37. The zero-order chi connectivity index (χ0) is 14.3. The highest BCUT2D eigenvalue weighted by Gasteiger charge is 2.17. The molecule has 0 saturated heterocycles. The van der Waals surface area contributed by atoms with Gasteiger partial charge in [0.1, 0.15) is 6.61 Å². The number of nitro groups is 1. The summed E-state index contributed by atoms with van der Waals surface area (Å²) in [4.78, 5) is 21.0. The fraction of sp³-hybridized carbons (Fsp3) is 0.417. The van der Waals surface area contributed by atoms with Crippen LogP contribution in [-0.4, -0.2) is 30.7 Å². The summed E-state index contributed by atoms with van der Waals surface area (Å²) in [7, 11) is 0. The summed E-state index contributed by atoms with van der Waals surface area (Å²) in [6.45, 7) is 2.84. The van der Waals surface area contributed by atoms with Gasteiger partial charge in [-0.05, 0) is 18.6 Å². The standard InChI is InChI=1S/C12H14FNO5/c1-2-5-18-6-7-19-12(15)9-3-4-11(14(16)17)10(13)8-9/h3-4,8H,2,5-7H2,1H3. The summed E-state index contributed by atoms with van der Waals surface area (Å²) in [6.07, 6.45) is 0.863. The molecule has 1 rings (SSSR count). The predicted octanol–water partition coefficient (Wildman–Crippen LogP) is 2.32. The van der Waals surface area contributed by atoms with Crippen LogP contribution in [0.4, 0.5) is 10.1 Å². The summed E-state index contributed by atoms with van der Waals surface area (Å²) in [5.74, 6) is -1.81. The van der Waals surface area contributed by atoms with Crippen molar-refractivity contribution >= 4 is 11.7 Å². The zero-order valence-electron chi connectivity index (χ0n) is 10.4. The van der Waals surface area contributed by atoms with E-state index >= 15 is 0 Å². The van der Waals surface area contributed by atoms with Gasteiger partial charge < -0.3 is 9.47 Å². The van der Waals surface area contributed by atoms with Crippen LogP contribution in [0.3, 0.4) is 0 Å². The van der Waals surface area contributed by atoms with Crippen molar-refractivity contribution in [3.05, 3.63) is 39.7 Å². The third-order valence-electron chi connectivity index (χ3n) is 2.19. The Morgan fingerprint density at radius 1 is 1.37 bits per heavy atom. The lowest BCUT2D eigenvalue weighted by atomic mass is 10.2. The molecule has 1 aromatic rings. The average molecular weight is 271 g/mol. The first kappa shape index (κ1) is 15.0. The molecular weight excluding hydrogens is 257 g/mol. The van der Waals surface area contributed by atoms with Gasteiger partial charge in [0.05, 0.1) is 17.1 Å². The van der Waals surface area contributed by atoms with E-state index in [-0.39, 0.29) is 18.8 Å². The molecule has 0 aliphatic heterocycles. The lowest BCUT2D eigenvalue weighted by Gasteiger charge is -2.05. The number of esters is 1. The van der Waals surface area contributed by atoms with Gasteiger partial charge in [0.15, 0.2) is 0 Å². The van der Waals surface area contributed by atoms with Gasteiger partial charge >= 0.3 is 11.7 Å². The van der Waals surface area contributed by atoms with Gasteiger partial charge in [0, 0.05) is 12.7 Å². The highest BCUT2D eigenvalue weighted by atomic mass is 19.1. The summed E-state index contributed by atoms with van der Waals surface area (Å²) in [6, 6.07) is 2.86. The molecule has 0 atom stereocenters. The van der Waals surface area contributed by atoms with E-state index in [0.717, 1.165) is 24.6 Å². The Bertz CT molecular complexity index is 463. The molecule has 0 N–H and O–H groups in total. The Labute approximate surface area is 109 Å². The number of hydrogen-bond acceptors (Lipinski definition) is 5. The van der Waals surface area contributed by atoms with Gasteiger partial charge in [-0.2, -0.15) is 4.39 Å². The Morgan fingerprint density at radius 3 is 2.68 bits per heavy atom. The van der Waals surface area contributed by atoms with E-state index in [0.29, 0.717) is 6.61 Å². The molecule has 1 aromatic carbocycles. The van der Waals surface area contributed by atoms with E-state index in [2.05, 4.69) is 0 Å². The van der Waals surface area contributed by atoms with Crippen molar-refractivity contribution in [2.45, 2.75) is 13.3 Å². The molecule has 0 aliphatic carbocycles. The van der Waals surface area contributed by atoms with Crippen LogP contribution in [0.1, 0.15) is 23.7 Å². The lowest BCUT2D eigenvalue weighted by Crippen LogP contribution is -2.11. The molecule has 0 amide bonds. The molecule has 6 nitrogen and oxygen atoms in total. The van der Waals surface area contributed by atoms with Crippen LogP contribution >= 0.6 is 0 Å². The number of halogens is 1. The minimum Gasteiger partial charge on any atom is -0.460 e. The van der Waals surface area contributed by atoms with Crippen LogP contribution in [0, 0.1) is 15.9 Å². The fourth-order valence-electron chi connectivity index (χ4n) is 1.30. The minimum absolute atomic E-state index is 0.0530. The van der Waals surface area contributed by atoms with E-state index in [9.17, 15) is 19.3 Å². The largest absolute Gasteiger partial charge is 0.460 e. The topological polar surface area (TPSA) is 78.7 Å². The number of nitro benzene ring substituents is 1. The number of carbonyl (C=O) groups excluding carboxylic acids is 1. The Balaban J connectivity index is 2.53. The van der Waals surface area contributed by atoms with E-state index in [1.54, 1.807) is 0 Å². The van der Waals surface area contributed by atoms with Crippen LogP contribution in [0.2, 0.25) is 0 Å². The van der Waals surface area contributed by atoms with Crippen molar-refractivity contribution in [1.82, 2.24) is 0 Å². The SMILES string of the molecule is CCCOCCOC(=O)c1ccc([N+](=O)[O-])c(F)c1. The first-order valence-electron chi connectivity index (χ1n) is 5.75. The molecule has 0 aliphatic rings. The molecular formula is C12H14FNO5. The third kappa shape index (κ3) is 4.63. The van der Waals surface area contributed by atoms with E-state index in [1.807, 2.05) is 6.92 Å². The predicted molar refractivity (Wildman–Crippen MR) is 64.4 cm³/mol. The van der Waals surface area contributed by atoms with E-state index < -0.39 is 22.4 Å². The highest BCUT2D eigenvalue weighted by molar-refractivity contribution is 5.89. The second-order valence-corrected chi connectivity index (χ2v) is 3.67. The maximum Gasteiger partial charge on any atom is 0.338 e. The Kier molecular flexibility index (Phi) is 5.87. The van der Waals surface area contributed by atoms with Crippen molar-refractivity contribution in [2.75, 3.05) is 19.8 Å². The maximum absolute atomic E-state index is 13.3. The monoisotopic (exact) mass is 271 g/mol. The molecule has 7 heteroatoms. The molecule has 0 unspecified atom stereocenters. The van der Waals surface area contributed by atoms with Gasteiger partial charge in [-0.3, -0.25) is 10.1 Å². The van der Waals surface area contributed by atoms with Crippen LogP contribution in [-0.2, 0) is 9.47 Å². The smallest absolute Gasteiger partial charge is 0.338 e. The minimum atomic E-state index is -1.07. The van der Waals surface area contributed by atoms with Gasteiger partial charge in [0.25, 0.3) is 0 Å². The first-order chi connectivity index (χ1) is 9.06. The zero-order valence-corrected chi connectivity index (χ0v) is 10.4. The quantitative estimate of drug-likeness (QED) is 0.329. The van der Waals surface area contributed by atoms with Crippen molar-refractivity contribution in [2.24, 2.45) is 0 Å².